The second-order valence-corrected chi connectivity index (χ2v) is 8.72. The first-order valence-electron chi connectivity index (χ1n) is 8.90. The highest BCUT2D eigenvalue weighted by Gasteiger charge is 2.25. The van der Waals surface area contributed by atoms with Crippen LogP contribution in [-0.2, 0) is 21.4 Å². The molecule has 28 heavy (non-hydrogen) atoms. The molecule has 0 heterocycles. The lowest BCUT2D eigenvalue weighted by molar-refractivity contribution is -0.121. The number of carbonyl (C=O) groups excluding carboxylic acids is 1. The Morgan fingerprint density at radius 3 is 2.36 bits per heavy atom. The standard InChI is InChI=1S/C21H21ClN2O3S/c1-2-24(15-21(25)23-14-16-7-10-19(22)11-8-16)28(26,27)20-12-9-17-5-3-4-6-18(17)13-20/h3-13H,2,14-15H2,1H3,(H,23,25). The van der Waals surface area contributed by atoms with Crippen molar-refractivity contribution in [1.29, 1.82) is 0 Å². The largest absolute Gasteiger partial charge is 0.351 e. The van der Waals surface area contributed by atoms with Crippen LogP contribution in [0.3, 0.4) is 0 Å². The molecule has 0 aliphatic carbocycles. The molecule has 0 aliphatic heterocycles. The molecule has 3 aromatic rings. The Balaban J connectivity index is 1.71. The summed E-state index contributed by atoms with van der Waals surface area (Å²) in [6.45, 7) is 1.98. The van der Waals surface area contributed by atoms with E-state index < -0.39 is 10.0 Å². The molecule has 0 aliphatic rings. The molecule has 0 radical (unpaired) electrons. The average Bonchev–Trinajstić information content (AvgIpc) is 2.71. The van der Waals surface area contributed by atoms with Crippen LogP contribution < -0.4 is 5.32 Å². The summed E-state index contributed by atoms with van der Waals surface area (Å²) >= 11 is 5.85. The maximum absolute atomic E-state index is 13.0. The minimum absolute atomic E-state index is 0.179. The topological polar surface area (TPSA) is 66.5 Å². The zero-order valence-corrected chi connectivity index (χ0v) is 17.0. The fraction of sp³-hybridized carbons (Fsp3) is 0.190. The number of carbonyl (C=O) groups is 1. The van der Waals surface area contributed by atoms with Gasteiger partial charge in [-0.2, -0.15) is 4.31 Å². The molecule has 5 nitrogen and oxygen atoms in total. The van der Waals surface area contributed by atoms with Gasteiger partial charge in [-0.3, -0.25) is 4.79 Å². The Hall–Kier alpha value is -2.41. The molecule has 0 spiro atoms. The fourth-order valence-electron chi connectivity index (χ4n) is 2.86. The fourth-order valence-corrected chi connectivity index (χ4v) is 4.43. The van der Waals surface area contributed by atoms with Crippen molar-refractivity contribution < 1.29 is 13.2 Å². The first kappa shape index (κ1) is 20.3. The average molecular weight is 417 g/mol. The summed E-state index contributed by atoms with van der Waals surface area (Å²) in [6.07, 6.45) is 0. The van der Waals surface area contributed by atoms with Crippen molar-refractivity contribution in [3.63, 3.8) is 0 Å². The van der Waals surface area contributed by atoms with E-state index in [1.807, 2.05) is 36.4 Å². The SMILES string of the molecule is CCN(CC(=O)NCc1ccc(Cl)cc1)S(=O)(=O)c1ccc2ccccc2c1. The number of nitrogens with one attached hydrogen (secondary N) is 1. The number of nitrogens with zero attached hydrogens (tertiary/aromatic N) is 1. The molecule has 0 bridgehead atoms. The van der Waals surface area contributed by atoms with Crippen LogP contribution in [0, 0.1) is 0 Å². The van der Waals surface area contributed by atoms with Crippen molar-refractivity contribution in [2.45, 2.75) is 18.4 Å². The highest BCUT2D eigenvalue weighted by atomic mass is 35.5. The summed E-state index contributed by atoms with van der Waals surface area (Å²) in [5.41, 5.74) is 0.887. The summed E-state index contributed by atoms with van der Waals surface area (Å²) in [4.78, 5) is 12.5. The van der Waals surface area contributed by atoms with E-state index in [-0.39, 0.29) is 23.9 Å². The number of halogens is 1. The van der Waals surface area contributed by atoms with Crippen LogP contribution in [0.15, 0.2) is 71.6 Å². The summed E-state index contributed by atoms with van der Waals surface area (Å²) in [5, 5.41) is 5.17. The predicted molar refractivity (Wildman–Crippen MR) is 112 cm³/mol. The number of likely N-dealkylation sites (N-methyl/N-ethyl adjacent to an activating group) is 1. The van der Waals surface area contributed by atoms with E-state index in [4.69, 9.17) is 11.6 Å². The van der Waals surface area contributed by atoms with E-state index in [2.05, 4.69) is 5.32 Å². The van der Waals surface area contributed by atoms with Crippen LogP contribution >= 0.6 is 11.6 Å². The molecule has 0 atom stereocenters. The first-order chi connectivity index (χ1) is 13.4. The van der Waals surface area contributed by atoms with E-state index >= 15 is 0 Å². The van der Waals surface area contributed by atoms with Crippen LogP contribution in [0.25, 0.3) is 10.8 Å². The third-order valence-electron chi connectivity index (χ3n) is 4.43. The molecular weight excluding hydrogens is 396 g/mol. The first-order valence-corrected chi connectivity index (χ1v) is 10.7. The van der Waals surface area contributed by atoms with Gasteiger partial charge in [0.1, 0.15) is 0 Å². The molecule has 3 aromatic carbocycles. The summed E-state index contributed by atoms with van der Waals surface area (Å²) in [7, 11) is -3.77. The lowest BCUT2D eigenvalue weighted by atomic mass is 10.1. The number of sulfonamides is 1. The molecule has 0 fully saturated rings. The third kappa shape index (κ3) is 4.70. The second kappa shape index (κ2) is 8.73. The molecule has 0 saturated carbocycles. The van der Waals surface area contributed by atoms with Gasteiger partial charge in [0.2, 0.25) is 15.9 Å². The van der Waals surface area contributed by atoms with Gasteiger partial charge in [0.15, 0.2) is 0 Å². The molecule has 3 rings (SSSR count). The Morgan fingerprint density at radius 2 is 1.68 bits per heavy atom. The molecule has 0 unspecified atom stereocenters. The van der Waals surface area contributed by atoms with Crippen LogP contribution in [0.1, 0.15) is 12.5 Å². The Morgan fingerprint density at radius 1 is 1.00 bits per heavy atom. The van der Waals surface area contributed by atoms with Gasteiger partial charge in [-0.05, 0) is 40.6 Å². The number of hydrogen-bond donors (Lipinski definition) is 1. The molecule has 1 N–H and O–H groups in total. The van der Waals surface area contributed by atoms with Crippen molar-refractivity contribution >= 4 is 38.3 Å². The summed E-state index contributed by atoms with van der Waals surface area (Å²) in [6, 6.07) is 19.6. The minimum atomic E-state index is -3.77. The zero-order valence-electron chi connectivity index (χ0n) is 15.4. The van der Waals surface area contributed by atoms with Crippen molar-refractivity contribution in [3.05, 3.63) is 77.3 Å². The normalized spacial score (nSPS) is 11.7. The molecule has 0 saturated heterocycles. The number of rotatable bonds is 7. The smallest absolute Gasteiger partial charge is 0.243 e. The van der Waals surface area contributed by atoms with Gasteiger partial charge in [0.05, 0.1) is 11.4 Å². The highest BCUT2D eigenvalue weighted by molar-refractivity contribution is 7.89. The predicted octanol–water partition coefficient (Wildman–Crippen LogP) is 3.82. The van der Waals surface area contributed by atoms with E-state index in [1.165, 1.54) is 4.31 Å². The quantitative estimate of drug-likeness (QED) is 0.636. The maximum atomic E-state index is 13.0. The second-order valence-electron chi connectivity index (χ2n) is 6.34. The van der Waals surface area contributed by atoms with Crippen LogP contribution in [0.2, 0.25) is 5.02 Å². The van der Waals surface area contributed by atoms with Crippen molar-refractivity contribution in [3.8, 4) is 0 Å². The van der Waals surface area contributed by atoms with Crippen LogP contribution in [0.5, 0.6) is 0 Å². The molecule has 7 heteroatoms. The third-order valence-corrected chi connectivity index (χ3v) is 6.60. The van der Waals surface area contributed by atoms with Gasteiger partial charge in [-0.25, -0.2) is 8.42 Å². The van der Waals surface area contributed by atoms with Crippen molar-refractivity contribution in [2.75, 3.05) is 13.1 Å². The van der Waals surface area contributed by atoms with Gasteiger partial charge < -0.3 is 5.32 Å². The van der Waals surface area contributed by atoms with E-state index in [1.54, 1.807) is 37.3 Å². The monoisotopic (exact) mass is 416 g/mol. The van der Waals surface area contributed by atoms with Crippen molar-refractivity contribution in [1.82, 2.24) is 9.62 Å². The number of amides is 1. The Labute approximate surface area is 170 Å². The van der Waals surface area contributed by atoms with Crippen LogP contribution in [-0.4, -0.2) is 31.7 Å². The molecule has 1 amide bonds. The minimum Gasteiger partial charge on any atom is -0.351 e. The van der Waals surface area contributed by atoms with Crippen LogP contribution in [0.4, 0.5) is 0 Å². The molecular formula is C21H21ClN2O3S. The van der Waals surface area contributed by atoms with E-state index in [9.17, 15) is 13.2 Å². The van der Waals surface area contributed by atoms with Crippen molar-refractivity contribution in [2.24, 2.45) is 0 Å². The van der Waals surface area contributed by atoms with E-state index in [0.29, 0.717) is 11.6 Å². The van der Waals surface area contributed by atoms with Gasteiger partial charge in [-0.15, -0.1) is 0 Å². The molecule has 0 aromatic heterocycles. The zero-order chi connectivity index (χ0) is 20.1. The maximum Gasteiger partial charge on any atom is 0.243 e. The molecule has 146 valence electrons. The lowest BCUT2D eigenvalue weighted by Gasteiger charge is -2.20. The number of fused-ring (bicyclic) bond motifs is 1. The summed E-state index contributed by atoms with van der Waals surface area (Å²) in [5.74, 6) is -0.360. The number of benzene rings is 3. The van der Waals surface area contributed by atoms with E-state index in [0.717, 1.165) is 16.3 Å². The summed E-state index contributed by atoms with van der Waals surface area (Å²) < 4.78 is 27.1. The van der Waals surface area contributed by atoms with Gasteiger partial charge in [-0.1, -0.05) is 61.0 Å². The lowest BCUT2D eigenvalue weighted by Crippen LogP contribution is -2.40. The highest BCUT2D eigenvalue weighted by Crippen LogP contribution is 2.21. The Kier molecular flexibility index (Phi) is 6.34. The van der Waals surface area contributed by atoms with Gasteiger partial charge in [0, 0.05) is 18.1 Å². The van der Waals surface area contributed by atoms with Gasteiger partial charge >= 0.3 is 0 Å². The Bertz CT molecular complexity index is 1080. The number of hydrogen-bond acceptors (Lipinski definition) is 3. The van der Waals surface area contributed by atoms with Gasteiger partial charge in [0.25, 0.3) is 0 Å².